The van der Waals surface area contributed by atoms with E-state index in [2.05, 4.69) is 10.6 Å². The summed E-state index contributed by atoms with van der Waals surface area (Å²) < 4.78 is 15.7. The molecule has 6 heteroatoms. The molecule has 174 valence electrons. The first kappa shape index (κ1) is 24.4. The lowest BCUT2D eigenvalue weighted by molar-refractivity contribution is -0.127. The first-order valence-corrected chi connectivity index (χ1v) is 11.6. The van der Waals surface area contributed by atoms with Gasteiger partial charge in [0.15, 0.2) is 0 Å². The van der Waals surface area contributed by atoms with Crippen LogP contribution in [0.4, 0.5) is 4.39 Å². The Morgan fingerprint density at radius 2 is 1.53 bits per heavy atom. The average Bonchev–Trinajstić information content (AvgIpc) is 2.83. The van der Waals surface area contributed by atoms with Gasteiger partial charge in [0.1, 0.15) is 6.17 Å². The SMILES string of the molecule is CCNC(=O)[C@H]1NC[C@@H](CCC(O)c2ccccc2)[C@H](F)[C@@H]1CCC(O)c1ccccc1. The lowest BCUT2D eigenvalue weighted by Crippen LogP contribution is -2.58. The van der Waals surface area contributed by atoms with Crippen LogP contribution < -0.4 is 10.6 Å². The number of nitrogens with one attached hydrogen (secondary N) is 2. The molecule has 1 saturated heterocycles. The van der Waals surface area contributed by atoms with E-state index in [0.29, 0.717) is 38.8 Å². The van der Waals surface area contributed by atoms with Gasteiger partial charge in [-0.2, -0.15) is 0 Å². The van der Waals surface area contributed by atoms with Gasteiger partial charge in [0, 0.05) is 24.9 Å². The fourth-order valence-corrected chi connectivity index (χ4v) is 4.64. The molecular weight excluding hydrogens is 407 g/mol. The fourth-order valence-electron chi connectivity index (χ4n) is 4.64. The molecule has 2 aromatic carbocycles. The maximum Gasteiger partial charge on any atom is 0.237 e. The van der Waals surface area contributed by atoms with E-state index < -0.39 is 30.3 Å². The van der Waals surface area contributed by atoms with Crippen LogP contribution >= 0.6 is 0 Å². The summed E-state index contributed by atoms with van der Waals surface area (Å²) >= 11 is 0. The molecule has 1 aliphatic heterocycles. The third-order valence-corrected chi connectivity index (χ3v) is 6.47. The van der Waals surface area contributed by atoms with Gasteiger partial charge in [-0.3, -0.25) is 4.79 Å². The van der Waals surface area contributed by atoms with Gasteiger partial charge in [-0.25, -0.2) is 4.39 Å². The van der Waals surface area contributed by atoms with Crippen LogP contribution in [0.25, 0.3) is 0 Å². The van der Waals surface area contributed by atoms with Crippen molar-refractivity contribution >= 4 is 5.91 Å². The number of aliphatic hydroxyl groups is 2. The van der Waals surface area contributed by atoms with Crippen LogP contribution in [0.2, 0.25) is 0 Å². The van der Waals surface area contributed by atoms with Crippen molar-refractivity contribution in [2.45, 2.75) is 57.0 Å². The van der Waals surface area contributed by atoms with Crippen molar-refractivity contribution in [3.63, 3.8) is 0 Å². The van der Waals surface area contributed by atoms with E-state index >= 15 is 4.39 Å². The van der Waals surface area contributed by atoms with Crippen molar-refractivity contribution < 1.29 is 19.4 Å². The Hall–Kier alpha value is -2.28. The predicted molar refractivity (Wildman–Crippen MR) is 124 cm³/mol. The predicted octanol–water partition coefficient (Wildman–Crippen LogP) is 3.69. The molecule has 0 aliphatic carbocycles. The molecule has 1 amide bonds. The molecule has 0 bridgehead atoms. The molecule has 2 unspecified atom stereocenters. The summed E-state index contributed by atoms with van der Waals surface area (Å²) in [4.78, 5) is 12.6. The first-order valence-electron chi connectivity index (χ1n) is 11.6. The minimum atomic E-state index is -1.19. The van der Waals surface area contributed by atoms with Crippen molar-refractivity contribution in [3.8, 4) is 0 Å². The average molecular weight is 443 g/mol. The standard InChI is InChI=1S/C26H35FN2O3/c1-2-28-26(32)25-21(14-16-23(31)19-11-7-4-8-12-19)24(27)20(17-29-25)13-15-22(30)18-9-5-3-6-10-18/h3-12,20-25,29-31H,2,13-17H2,1H3,(H,28,32)/t20-,21+,22?,23?,24+,25+/m1/s1. The number of likely N-dealkylation sites (N-methyl/N-ethyl adjacent to an activating group) is 1. The topological polar surface area (TPSA) is 81.6 Å². The van der Waals surface area contributed by atoms with Gasteiger partial charge < -0.3 is 20.8 Å². The minimum absolute atomic E-state index is 0.197. The van der Waals surface area contributed by atoms with E-state index in [0.717, 1.165) is 11.1 Å². The molecule has 1 fully saturated rings. The number of aliphatic hydroxyl groups excluding tert-OH is 2. The summed E-state index contributed by atoms with van der Waals surface area (Å²) in [6.07, 6.45) is -0.766. The number of piperidine rings is 1. The van der Waals surface area contributed by atoms with E-state index in [1.165, 1.54) is 0 Å². The molecular formula is C26H35FN2O3. The summed E-state index contributed by atoms with van der Waals surface area (Å²) in [7, 11) is 0. The van der Waals surface area contributed by atoms with Crippen molar-refractivity contribution in [1.29, 1.82) is 0 Å². The molecule has 4 N–H and O–H groups in total. The van der Waals surface area contributed by atoms with Gasteiger partial charge in [0.25, 0.3) is 0 Å². The minimum Gasteiger partial charge on any atom is -0.388 e. The van der Waals surface area contributed by atoms with Crippen LogP contribution in [0, 0.1) is 11.8 Å². The number of carbonyl (C=O) groups excluding carboxylic acids is 1. The smallest absolute Gasteiger partial charge is 0.237 e. The summed E-state index contributed by atoms with van der Waals surface area (Å²) in [5.74, 6) is -1.03. The molecule has 0 radical (unpaired) electrons. The normalized spacial score (nSPS) is 25.1. The second-order valence-corrected chi connectivity index (χ2v) is 8.66. The zero-order valence-electron chi connectivity index (χ0n) is 18.7. The number of hydrogen-bond acceptors (Lipinski definition) is 4. The zero-order chi connectivity index (χ0) is 22.9. The van der Waals surface area contributed by atoms with E-state index in [-0.39, 0.29) is 11.8 Å². The van der Waals surface area contributed by atoms with Gasteiger partial charge in [-0.15, -0.1) is 0 Å². The van der Waals surface area contributed by atoms with Gasteiger partial charge in [0.05, 0.1) is 18.2 Å². The first-order chi connectivity index (χ1) is 15.5. The largest absolute Gasteiger partial charge is 0.388 e. The summed E-state index contributed by atoms with van der Waals surface area (Å²) in [5, 5.41) is 27.1. The Balaban J connectivity index is 1.64. The van der Waals surface area contributed by atoms with Crippen LogP contribution in [0.15, 0.2) is 60.7 Å². The summed E-state index contributed by atoms with van der Waals surface area (Å²) in [6.45, 7) is 2.72. The maximum atomic E-state index is 15.7. The Morgan fingerprint density at radius 3 is 2.06 bits per heavy atom. The molecule has 3 rings (SSSR count). The number of carbonyl (C=O) groups is 1. The van der Waals surface area contributed by atoms with Crippen LogP contribution in [0.5, 0.6) is 0 Å². The second kappa shape index (κ2) is 12.1. The molecule has 1 heterocycles. The Bertz CT molecular complexity index is 820. The highest BCUT2D eigenvalue weighted by molar-refractivity contribution is 5.82. The Kier molecular flexibility index (Phi) is 9.21. The summed E-state index contributed by atoms with van der Waals surface area (Å²) in [6, 6.07) is 18.1. The molecule has 0 aromatic heterocycles. The zero-order valence-corrected chi connectivity index (χ0v) is 18.7. The lowest BCUT2D eigenvalue weighted by atomic mass is 9.77. The third-order valence-electron chi connectivity index (χ3n) is 6.47. The molecule has 2 aromatic rings. The monoisotopic (exact) mass is 442 g/mol. The Morgan fingerprint density at radius 1 is 1.00 bits per heavy atom. The van der Waals surface area contributed by atoms with Crippen molar-refractivity contribution in [3.05, 3.63) is 71.8 Å². The van der Waals surface area contributed by atoms with E-state index in [1.54, 1.807) is 0 Å². The third kappa shape index (κ3) is 6.37. The van der Waals surface area contributed by atoms with E-state index in [9.17, 15) is 15.0 Å². The second-order valence-electron chi connectivity index (χ2n) is 8.66. The van der Waals surface area contributed by atoms with Crippen LogP contribution in [-0.2, 0) is 4.79 Å². The number of hydrogen-bond donors (Lipinski definition) is 4. The number of rotatable bonds is 10. The highest BCUT2D eigenvalue weighted by atomic mass is 19.1. The molecule has 0 saturated carbocycles. The number of alkyl halides is 1. The molecule has 1 aliphatic rings. The molecule has 32 heavy (non-hydrogen) atoms. The number of amides is 1. The van der Waals surface area contributed by atoms with Crippen LogP contribution in [0.1, 0.15) is 55.9 Å². The van der Waals surface area contributed by atoms with Crippen molar-refractivity contribution in [2.75, 3.05) is 13.1 Å². The van der Waals surface area contributed by atoms with Crippen molar-refractivity contribution in [2.24, 2.45) is 11.8 Å². The Labute approximate surface area is 190 Å². The summed E-state index contributed by atoms with van der Waals surface area (Å²) in [5.41, 5.74) is 1.62. The lowest BCUT2D eigenvalue weighted by Gasteiger charge is -2.40. The quantitative estimate of drug-likeness (QED) is 0.452. The van der Waals surface area contributed by atoms with Gasteiger partial charge in [-0.05, 0) is 43.7 Å². The number of halogens is 1. The van der Waals surface area contributed by atoms with E-state index in [1.807, 2.05) is 67.6 Å². The molecule has 5 nitrogen and oxygen atoms in total. The molecule has 0 spiro atoms. The van der Waals surface area contributed by atoms with Crippen LogP contribution in [-0.4, -0.2) is 41.4 Å². The highest BCUT2D eigenvalue weighted by Crippen LogP contribution is 2.35. The van der Waals surface area contributed by atoms with Crippen molar-refractivity contribution in [1.82, 2.24) is 10.6 Å². The van der Waals surface area contributed by atoms with Gasteiger partial charge in [0.2, 0.25) is 5.91 Å². The van der Waals surface area contributed by atoms with Gasteiger partial charge in [-0.1, -0.05) is 60.7 Å². The van der Waals surface area contributed by atoms with E-state index in [4.69, 9.17) is 0 Å². The molecule has 6 atom stereocenters. The van der Waals surface area contributed by atoms with Gasteiger partial charge >= 0.3 is 0 Å². The number of benzene rings is 2. The highest BCUT2D eigenvalue weighted by Gasteiger charge is 2.42. The van der Waals surface area contributed by atoms with Crippen LogP contribution in [0.3, 0.4) is 0 Å². The fraction of sp³-hybridized carbons (Fsp3) is 0.500. The maximum absolute atomic E-state index is 15.7.